The molecule has 0 N–H and O–H groups in total. The Labute approximate surface area is 153 Å². The standard InChI is InChI=1S/C21H24N4O/c1-6-14-7-8-15(12-22)16(11-14)17-9-10-18-19(23-17)24(5)20(26)25(18)13-21(2,3)4/h7-11H,6,13H2,1-5H3. The highest BCUT2D eigenvalue weighted by atomic mass is 16.1. The van der Waals surface area contributed by atoms with Gasteiger partial charge in [0.1, 0.15) is 0 Å². The fourth-order valence-corrected chi connectivity index (χ4v) is 3.17. The maximum Gasteiger partial charge on any atom is 0.330 e. The monoisotopic (exact) mass is 348 g/mol. The molecule has 0 spiro atoms. The Hall–Kier alpha value is -2.87. The van der Waals surface area contributed by atoms with Crippen molar-refractivity contribution in [1.82, 2.24) is 14.1 Å². The number of nitrogens with zero attached hydrogens (tertiary/aromatic N) is 4. The molecular formula is C21H24N4O. The summed E-state index contributed by atoms with van der Waals surface area (Å²) in [5.74, 6) is 0. The fourth-order valence-electron chi connectivity index (χ4n) is 3.17. The third-order valence-electron chi connectivity index (χ3n) is 4.50. The molecule has 0 saturated heterocycles. The number of aryl methyl sites for hydroxylation is 2. The van der Waals surface area contributed by atoms with Crippen molar-refractivity contribution in [3.05, 3.63) is 51.9 Å². The number of rotatable bonds is 3. The van der Waals surface area contributed by atoms with Gasteiger partial charge < -0.3 is 0 Å². The minimum Gasteiger partial charge on any atom is -0.290 e. The summed E-state index contributed by atoms with van der Waals surface area (Å²) in [6.07, 6.45) is 0.890. The number of fused-ring (bicyclic) bond motifs is 1. The van der Waals surface area contributed by atoms with Crippen LogP contribution in [0.3, 0.4) is 0 Å². The zero-order valence-electron chi connectivity index (χ0n) is 16.0. The summed E-state index contributed by atoms with van der Waals surface area (Å²) in [5, 5.41) is 9.45. The highest BCUT2D eigenvalue weighted by Gasteiger charge is 2.19. The van der Waals surface area contributed by atoms with Crippen LogP contribution in [0.4, 0.5) is 0 Å². The molecule has 0 amide bonds. The van der Waals surface area contributed by atoms with Crippen LogP contribution in [0, 0.1) is 16.7 Å². The van der Waals surface area contributed by atoms with Gasteiger partial charge in [-0.2, -0.15) is 5.26 Å². The van der Waals surface area contributed by atoms with Gasteiger partial charge in [0, 0.05) is 19.2 Å². The average Bonchev–Trinajstić information content (AvgIpc) is 2.84. The van der Waals surface area contributed by atoms with E-state index in [1.54, 1.807) is 16.2 Å². The SMILES string of the molecule is CCc1ccc(C#N)c(-c2ccc3c(n2)n(C)c(=O)n3CC(C)(C)C)c1. The van der Waals surface area contributed by atoms with Crippen molar-refractivity contribution in [1.29, 1.82) is 5.26 Å². The summed E-state index contributed by atoms with van der Waals surface area (Å²) in [4.78, 5) is 17.4. The molecule has 2 aromatic heterocycles. The molecule has 26 heavy (non-hydrogen) atoms. The Kier molecular flexibility index (Phi) is 4.45. The van der Waals surface area contributed by atoms with Gasteiger partial charge in [-0.15, -0.1) is 0 Å². The van der Waals surface area contributed by atoms with E-state index < -0.39 is 0 Å². The second kappa shape index (κ2) is 6.45. The second-order valence-electron chi connectivity index (χ2n) is 7.87. The van der Waals surface area contributed by atoms with Crippen molar-refractivity contribution < 1.29 is 0 Å². The van der Waals surface area contributed by atoms with E-state index in [1.807, 2.05) is 30.3 Å². The van der Waals surface area contributed by atoms with Crippen molar-refractivity contribution in [2.45, 2.75) is 40.7 Å². The maximum absolute atomic E-state index is 12.7. The molecule has 0 aliphatic rings. The summed E-state index contributed by atoms with van der Waals surface area (Å²) in [5.41, 5.74) is 4.65. The second-order valence-corrected chi connectivity index (χ2v) is 7.87. The molecule has 2 heterocycles. The lowest BCUT2D eigenvalue weighted by molar-refractivity contribution is 0.342. The average molecular weight is 348 g/mol. The lowest BCUT2D eigenvalue weighted by Gasteiger charge is -2.18. The first kappa shape index (κ1) is 17.9. The summed E-state index contributed by atoms with van der Waals surface area (Å²) in [6.45, 7) is 9.03. The molecule has 0 aliphatic heterocycles. The van der Waals surface area contributed by atoms with Gasteiger partial charge in [-0.05, 0) is 41.7 Å². The summed E-state index contributed by atoms with van der Waals surface area (Å²) in [7, 11) is 1.74. The zero-order valence-corrected chi connectivity index (χ0v) is 16.0. The van der Waals surface area contributed by atoms with Crippen LogP contribution >= 0.6 is 0 Å². The van der Waals surface area contributed by atoms with Crippen molar-refractivity contribution >= 4 is 11.2 Å². The van der Waals surface area contributed by atoms with Crippen LogP contribution in [-0.4, -0.2) is 14.1 Å². The Morgan fingerprint density at radius 1 is 1.19 bits per heavy atom. The van der Waals surface area contributed by atoms with E-state index in [0.29, 0.717) is 23.4 Å². The van der Waals surface area contributed by atoms with Crippen LogP contribution in [0.25, 0.3) is 22.4 Å². The normalized spacial score (nSPS) is 11.7. The fraction of sp³-hybridized carbons (Fsp3) is 0.381. The van der Waals surface area contributed by atoms with Gasteiger partial charge in [0.15, 0.2) is 5.65 Å². The first-order chi connectivity index (χ1) is 12.2. The van der Waals surface area contributed by atoms with Gasteiger partial charge >= 0.3 is 5.69 Å². The number of imidazole rings is 1. The van der Waals surface area contributed by atoms with Crippen LogP contribution in [0.1, 0.15) is 38.8 Å². The van der Waals surface area contributed by atoms with Crippen molar-refractivity contribution in [2.24, 2.45) is 12.5 Å². The molecule has 0 saturated carbocycles. The minimum absolute atomic E-state index is 0.0137. The summed E-state index contributed by atoms with van der Waals surface area (Å²) in [6, 6.07) is 11.9. The number of hydrogen-bond donors (Lipinski definition) is 0. The molecule has 0 atom stereocenters. The van der Waals surface area contributed by atoms with Crippen molar-refractivity contribution in [3.63, 3.8) is 0 Å². The Morgan fingerprint density at radius 3 is 2.54 bits per heavy atom. The molecular weight excluding hydrogens is 324 g/mol. The first-order valence-electron chi connectivity index (χ1n) is 8.85. The molecule has 5 nitrogen and oxygen atoms in total. The number of benzene rings is 1. The largest absolute Gasteiger partial charge is 0.330 e. The topological polar surface area (TPSA) is 63.6 Å². The van der Waals surface area contributed by atoms with E-state index in [-0.39, 0.29) is 11.1 Å². The van der Waals surface area contributed by atoms with E-state index in [2.05, 4.69) is 33.8 Å². The lowest BCUT2D eigenvalue weighted by atomic mass is 9.97. The van der Waals surface area contributed by atoms with Crippen molar-refractivity contribution in [2.75, 3.05) is 0 Å². The lowest BCUT2D eigenvalue weighted by Crippen LogP contribution is -2.27. The minimum atomic E-state index is -0.0672. The smallest absolute Gasteiger partial charge is 0.290 e. The van der Waals surface area contributed by atoms with E-state index in [4.69, 9.17) is 4.98 Å². The molecule has 0 aliphatic carbocycles. The van der Waals surface area contributed by atoms with Crippen molar-refractivity contribution in [3.8, 4) is 17.3 Å². The predicted octanol–water partition coefficient (Wildman–Crippen LogP) is 3.88. The molecule has 134 valence electrons. The van der Waals surface area contributed by atoms with E-state index in [9.17, 15) is 10.1 Å². The third kappa shape index (κ3) is 3.15. The molecule has 3 rings (SSSR count). The Balaban J connectivity index is 2.22. The predicted molar refractivity (Wildman–Crippen MR) is 104 cm³/mol. The third-order valence-corrected chi connectivity index (χ3v) is 4.50. The molecule has 0 bridgehead atoms. The zero-order chi connectivity index (χ0) is 19.1. The van der Waals surface area contributed by atoms with Gasteiger partial charge in [0.2, 0.25) is 0 Å². The van der Waals surface area contributed by atoms with E-state index in [1.165, 1.54) is 0 Å². The number of hydrogen-bond acceptors (Lipinski definition) is 3. The number of pyridine rings is 1. The van der Waals surface area contributed by atoms with E-state index in [0.717, 1.165) is 23.1 Å². The first-order valence-corrected chi connectivity index (χ1v) is 8.85. The van der Waals surface area contributed by atoms with Gasteiger partial charge in [-0.25, -0.2) is 9.78 Å². The van der Waals surface area contributed by atoms with Crippen LogP contribution in [0.15, 0.2) is 35.1 Å². The number of aromatic nitrogens is 3. The quantitative estimate of drug-likeness (QED) is 0.721. The molecule has 0 radical (unpaired) electrons. The maximum atomic E-state index is 12.7. The van der Waals surface area contributed by atoms with Gasteiger partial charge in [0.05, 0.1) is 22.8 Å². The summed E-state index contributed by atoms with van der Waals surface area (Å²) < 4.78 is 3.36. The Morgan fingerprint density at radius 2 is 1.92 bits per heavy atom. The highest BCUT2D eigenvalue weighted by molar-refractivity contribution is 5.78. The molecule has 0 fully saturated rings. The van der Waals surface area contributed by atoms with Crippen LogP contribution in [0.2, 0.25) is 0 Å². The molecule has 0 unspecified atom stereocenters. The van der Waals surface area contributed by atoms with Crippen LogP contribution < -0.4 is 5.69 Å². The highest BCUT2D eigenvalue weighted by Crippen LogP contribution is 2.26. The van der Waals surface area contributed by atoms with Gasteiger partial charge in [-0.3, -0.25) is 9.13 Å². The van der Waals surface area contributed by atoms with Gasteiger partial charge in [0.25, 0.3) is 0 Å². The molecule has 3 aromatic rings. The molecule has 1 aromatic carbocycles. The molecule has 5 heteroatoms. The van der Waals surface area contributed by atoms with Gasteiger partial charge in [-0.1, -0.05) is 33.8 Å². The van der Waals surface area contributed by atoms with Crippen LogP contribution in [0.5, 0.6) is 0 Å². The Bertz CT molecular complexity index is 1070. The number of nitriles is 1. The summed E-state index contributed by atoms with van der Waals surface area (Å²) >= 11 is 0. The van der Waals surface area contributed by atoms with E-state index >= 15 is 0 Å². The van der Waals surface area contributed by atoms with Crippen LogP contribution in [-0.2, 0) is 20.0 Å².